The number of amides is 1. The fraction of sp³-hybridized carbons (Fsp3) is 0.667. The highest BCUT2D eigenvalue weighted by atomic mass is 32.2. The molecule has 2 fully saturated rings. The minimum absolute atomic E-state index is 0.0577. The lowest BCUT2D eigenvalue weighted by molar-refractivity contribution is -0.140. The van der Waals surface area contributed by atoms with E-state index in [2.05, 4.69) is 14.7 Å². The molecule has 7 nitrogen and oxygen atoms in total. The van der Waals surface area contributed by atoms with Gasteiger partial charge in [-0.1, -0.05) is 24.6 Å². The number of piperidine rings is 1. The largest absolute Gasteiger partial charge is 0.469 e. The van der Waals surface area contributed by atoms with E-state index in [1.165, 1.54) is 50.6 Å². The number of H-pyrrole nitrogens is 1. The number of ether oxygens (including phenoxy) is 1. The van der Waals surface area contributed by atoms with Gasteiger partial charge in [-0.2, -0.15) is 0 Å². The highest BCUT2D eigenvalue weighted by molar-refractivity contribution is 7.99. The molecule has 1 N–H and O–H groups in total. The standard InChI is InChI=1S/C18H25N3O4S/c1-25-17(24)10-13-9-15(22)20-18(19-13)26-11-16(23)21-8-4-6-12-5-2-3-7-14(12)21/h9,12,14H,2-8,10-11H2,1H3,(H,19,20,22)/t12-,14-/m1/s1. The average Bonchev–Trinajstić information content (AvgIpc) is 2.65. The molecule has 0 spiro atoms. The number of carbonyl (C=O) groups excluding carboxylic acids is 2. The molecule has 0 aromatic carbocycles. The summed E-state index contributed by atoms with van der Waals surface area (Å²) in [7, 11) is 1.29. The highest BCUT2D eigenvalue weighted by Crippen LogP contribution is 2.35. The van der Waals surface area contributed by atoms with Crippen molar-refractivity contribution in [3.8, 4) is 0 Å². The van der Waals surface area contributed by atoms with E-state index in [4.69, 9.17) is 0 Å². The first-order valence-electron chi connectivity index (χ1n) is 9.16. The van der Waals surface area contributed by atoms with Crippen LogP contribution in [0.25, 0.3) is 0 Å². The van der Waals surface area contributed by atoms with Crippen LogP contribution in [-0.4, -0.2) is 52.2 Å². The van der Waals surface area contributed by atoms with Gasteiger partial charge in [0.05, 0.1) is 25.0 Å². The van der Waals surface area contributed by atoms with Gasteiger partial charge in [0.25, 0.3) is 5.56 Å². The van der Waals surface area contributed by atoms with E-state index in [1.807, 2.05) is 4.90 Å². The molecule has 1 aliphatic heterocycles. The van der Waals surface area contributed by atoms with Gasteiger partial charge >= 0.3 is 5.97 Å². The van der Waals surface area contributed by atoms with E-state index in [9.17, 15) is 14.4 Å². The Morgan fingerprint density at radius 1 is 1.31 bits per heavy atom. The summed E-state index contributed by atoms with van der Waals surface area (Å²) >= 11 is 1.21. The molecule has 1 amide bonds. The van der Waals surface area contributed by atoms with Gasteiger partial charge in [-0.15, -0.1) is 0 Å². The third-order valence-electron chi connectivity index (χ3n) is 5.22. The number of hydrogen-bond acceptors (Lipinski definition) is 6. The Balaban J connectivity index is 1.62. The topological polar surface area (TPSA) is 92.4 Å². The smallest absolute Gasteiger partial charge is 0.311 e. The van der Waals surface area contributed by atoms with Gasteiger partial charge in [0.1, 0.15) is 0 Å². The minimum Gasteiger partial charge on any atom is -0.469 e. The molecule has 1 aromatic heterocycles. The van der Waals surface area contributed by atoms with Crippen LogP contribution in [0.1, 0.15) is 44.2 Å². The van der Waals surface area contributed by atoms with Crippen molar-refractivity contribution in [1.82, 2.24) is 14.9 Å². The van der Waals surface area contributed by atoms with Crippen molar-refractivity contribution >= 4 is 23.6 Å². The first-order chi connectivity index (χ1) is 12.6. The van der Waals surface area contributed by atoms with Crippen molar-refractivity contribution in [2.45, 2.75) is 56.1 Å². The maximum atomic E-state index is 12.7. The zero-order chi connectivity index (χ0) is 18.5. The molecule has 0 unspecified atom stereocenters. The molecular formula is C18H25N3O4S. The third-order valence-corrected chi connectivity index (χ3v) is 6.08. The number of nitrogens with one attached hydrogen (secondary N) is 1. The second kappa shape index (κ2) is 8.70. The van der Waals surface area contributed by atoms with Crippen LogP contribution >= 0.6 is 11.8 Å². The number of nitrogens with zero attached hydrogens (tertiary/aromatic N) is 2. The predicted octanol–water partition coefficient (Wildman–Crippen LogP) is 1.76. The molecule has 2 aliphatic rings. The number of methoxy groups -OCH3 is 1. The summed E-state index contributed by atoms with van der Waals surface area (Å²) in [6.07, 6.45) is 7.04. The zero-order valence-electron chi connectivity index (χ0n) is 15.0. The van der Waals surface area contributed by atoms with Crippen molar-refractivity contribution in [1.29, 1.82) is 0 Å². The Morgan fingerprint density at radius 3 is 2.88 bits per heavy atom. The summed E-state index contributed by atoms with van der Waals surface area (Å²) in [6.45, 7) is 0.826. The van der Waals surface area contributed by atoms with E-state index in [1.54, 1.807) is 0 Å². The Hall–Kier alpha value is -1.83. The maximum Gasteiger partial charge on any atom is 0.311 e. The quantitative estimate of drug-likeness (QED) is 0.476. The Kier molecular flexibility index (Phi) is 6.34. The van der Waals surface area contributed by atoms with Gasteiger partial charge in [-0.05, 0) is 31.6 Å². The number of aromatic amines is 1. The van der Waals surface area contributed by atoms with Crippen LogP contribution in [0.5, 0.6) is 0 Å². The van der Waals surface area contributed by atoms with Crippen LogP contribution < -0.4 is 5.56 Å². The normalized spacial score (nSPS) is 22.6. The Morgan fingerprint density at radius 2 is 2.08 bits per heavy atom. The van der Waals surface area contributed by atoms with Gasteiger partial charge in [0, 0.05) is 18.7 Å². The van der Waals surface area contributed by atoms with Gasteiger partial charge < -0.3 is 14.6 Å². The van der Waals surface area contributed by atoms with E-state index in [0.717, 1.165) is 19.4 Å². The zero-order valence-corrected chi connectivity index (χ0v) is 15.8. The van der Waals surface area contributed by atoms with Crippen LogP contribution in [0.3, 0.4) is 0 Å². The molecule has 1 saturated heterocycles. The summed E-state index contributed by atoms with van der Waals surface area (Å²) in [4.78, 5) is 44.8. The number of thioether (sulfide) groups is 1. The number of hydrogen-bond donors (Lipinski definition) is 1. The molecule has 142 valence electrons. The Bertz CT molecular complexity index is 719. The van der Waals surface area contributed by atoms with Gasteiger partial charge in [0.2, 0.25) is 5.91 Å². The molecular weight excluding hydrogens is 354 g/mol. The lowest BCUT2D eigenvalue weighted by Crippen LogP contribution is -2.50. The van der Waals surface area contributed by atoms with Crippen molar-refractivity contribution in [2.75, 3.05) is 19.4 Å². The number of carbonyl (C=O) groups is 2. The minimum atomic E-state index is -0.452. The predicted molar refractivity (Wildman–Crippen MR) is 98.0 cm³/mol. The molecule has 1 aromatic rings. The fourth-order valence-corrected chi connectivity index (χ4v) is 4.79. The Labute approximate surface area is 156 Å². The van der Waals surface area contributed by atoms with Crippen LogP contribution in [-0.2, 0) is 20.7 Å². The summed E-state index contributed by atoms with van der Waals surface area (Å²) in [5.41, 5.74) is 0.0139. The number of likely N-dealkylation sites (tertiary alicyclic amines) is 1. The molecule has 26 heavy (non-hydrogen) atoms. The molecule has 0 bridgehead atoms. The fourth-order valence-electron chi connectivity index (χ4n) is 4.01. The van der Waals surface area contributed by atoms with Crippen molar-refractivity contribution in [3.63, 3.8) is 0 Å². The maximum absolute atomic E-state index is 12.7. The summed E-state index contributed by atoms with van der Waals surface area (Å²) < 4.78 is 4.60. The van der Waals surface area contributed by atoms with E-state index >= 15 is 0 Å². The lowest BCUT2D eigenvalue weighted by Gasteiger charge is -2.44. The molecule has 2 heterocycles. The second-order valence-electron chi connectivity index (χ2n) is 6.92. The molecule has 3 rings (SSSR count). The van der Waals surface area contributed by atoms with Crippen LogP contribution in [0, 0.1) is 5.92 Å². The molecule has 0 radical (unpaired) electrons. The monoisotopic (exact) mass is 379 g/mol. The second-order valence-corrected chi connectivity index (χ2v) is 7.89. The summed E-state index contributed by atoms with van der Waals surface area (Å²) in [5.74, 6) is 0.542. The highest BCUT2D eigenvalue weighted by Gasteiger charge is 2.35. The van der Waals surface area contributed by atoms with E-state index < -0.39 is 5.97 Å². The molecule has 8 heteroatoms. The van der Waals surface area contributed by atoms with Gasteiger partial charge in [0.15, 0.2) is 5.16 Å². The SMILES string of the molecule is COC(=O)Cc1cc(=O)[nH]c(SCC(=O)N2CCC[C@H]3CCCC[C@H]32)n1. The van der Waals surface area contributed by atoms with E-state index in [0.29, 0.717) is 22.8 Å². The summed E-state index contributed by atoms with van der Waals surface area (Å²) in [5, 5.41) is 0.363. The number of esters is 1. The molecule has 1 saturated carbocycles. The van der Waals surface area contributed by atoms with Crippen molar-refractivity contribution in [3.05, 3.63) is 22.1 Å². The van der Waals surface area contributed by atoms with Crippen LogP contribution in [0.2, 0.25) is 0 Å². The number of aromatic nitrogens is 2. The van der Waals surface area contributed by atoms with E-state index in [-0.39, 0.29) is 23.6 Å². The van der Waals surface area contributed by atoms with Crippen molar-refractivity contribution < 1.29 is 14.3 Å². The number of rotatable bonds is 5. The first kappa shape index (κ1) is 18.9. The van der Waals surface area contributed by atoms with Gasteiger partial charge in [-0.25, -0.2) is 4.98 Å². The average molecular weight is 379 g/mol. The first-order valence-corrected chi connectivity index (χ1v) is 10.1. The van der Waals surface area contributed by atoms with Gasteiger partial charge in [-0.3, -0.25) is 14.4 Å². The third kappa shape index (κ3) is 4.66. The molecule has 1 aliphatic carbocycles. The van der Waals surface area contributed by atoms with Crippen molar-refractivity contribution in [2.24, 2.45) is 5.92 Å². The van der Waals surface area contributed by atoms with Crippen LogP contribution in [0.4, 0.5) is 0 Å². The molecule has 2 atom stereocenters. The lowest BCUT2D eigenvalue weighted by atomic mass is 9.78. The van der Waals surface area contributed by atoms with Crippen LogP contribution in [0.15, 0.2) is 16.0 Å². The number of fused-ring (bicyclic) bond motifs is 1. The summed E-state index contributed by atoms with van der Waals surface area (Å²) in [6, 6.07) is 1.66.